The van der Waals surface area contributed by atoms with Crippen molar-refractivity contribution in [3.8, 4) is 0 Å². The molecule has 26 heavy (non-hydrogen) atoms. The third-order valence-electron chi connectivity index (χ3n) is 5.57. The predicted octanol–water partition coefficient (Wildman–Crippen LogP) is 1.27. The molecule has 1 aromatic rings. The van der Waals surface area contributed by atoms with Gasteiger partial charge in [0.15, 0.2) is 0 Å². The van der Waals surface area contributed by atoms with Gasteiger partial charge >= 0.3 is 0 Å². The third-order valence-corrected chi connectivity index (χ3v) is 5.57. The summed E-state index contributed by atoms with van der Waals surface area (Å²) in [7, 11) is 0. The molecule has 1 fully saturated rings. The number of benzene rings is 1. The fourth-order valence-corrected chi connectivity index (χ4v) is 3.98. The first-order valence-electron chi connectivity index (χ1n) is 9.32. The minimum absolute atomic E-state index is 0.143. The molecular weight excluding hydrogens is 332 g/mol. The van der Waals surface area contributed by atoms with E-state index in [1.54, 1.807) is 0 Å². The van der Waals surface area contributed by atoms with Crippen LogP contribution in [0.4, 0.5) is 0 Å². The van der Waals surface area contributed by atoms with Gasteiger partial charge in [-0.3, -0.25) is 9.59 Å². The Morgan fingerprint density at radius 2 is 1.77 bits per heavy atom. The Hall–Kier alpha value is -1.92. The summed E-state index contributed by atoms with van der Waals surface area (Å²) >= 11 is 0. The fraction of sp³-hybridized carbons (Fsp3) is 0.600. The zero-order valence-corrected chi connectivity index (χ0v) is 15.1. The van der Waals surface area contributed by atoms with Crippen LogP contribution < -0.4 is 11.5 Å². The van der Waals surface area contributed by atoms with Crippen molar-refractivity contribution in [3.05, 3.63) is 35.9 Å². The molecule has 0 aromatic heterocycles. The molecule has 6 nitrogen and oxygen atoms in total. The van der Waals surface area contributed by atoms with Crippen LogP contribution in [0.2, 0.25) is 0 Å². The van der Waals surface area contributed by atoms with Crippen molar-refractivity contribution in [2.24, 2.45) is 23.3 Å². The van der Waals surface area contributed by atoms with Crippen LogP contribution in [0.25, 0.3) is 0 Å². The number of rotatable bonds is 9. The van der Waals surface area contributed by atoms with Gasteiger partial charge in [0, 0.05) is 6.42 Å². The maximum absolute atomic E-state index is 11.9. The van der Waals surface area contributed by atoms with Crippen molar-refractivity contribution in [2.75, 3.05) is 0 Å². The van der Waals surface area contributed by atoms with Crippen LogP contribution in [-0.2, 0) is 16.0 Å². The molecule has 144 valence electrons. The standard InChI is InChI=1S/C20H30N2O4/c21-18(24)12-15-8-10-20(26,11-9-15)17(19(22)25)13-16(23)7-6-14-4-2-1-3-5-14/h1-5,15-17,23,26H,6-13H2,(H2,21,24)(H2,22,25)/t15?,16?,17-,20?/m1/s1. The molecule has 2 amide bonds. The van der Waals surface area contributed by atoms with Crippen LogP contribution in [0.5, 0.6) is 0 Å². The van der Waals surface area contributed by atoms with Gasteiger partial charge in [0.2, 0.25) is 11.8 Å². The summed E-state index contributed by atoms with van der Waals surface area (Å²) in [6, 6.07) is 9.81. The Labute approximate surface area is 154 Å². The van der Waals surface area contributed by atoms with Crippen molar-refractivity contribution in [1.29, 1.82) is 0 Å². The first-order chi connectivity index (χ1) is 12.3. The summed E-state index contributed by atoms with van der Waals surface area (Å²) in [5.74, 6) is -1.57. The summed E-state index contributed by atoms with van der Waals surface area (Å²) in [6.07, 6.45) is 3.00. The molecule has 2 atom stereocenters. The van der Waals surface area contributed by atoms with E-state index in [-0.39, 0.29) is 18.2 Å². The third kappa shape index (κ3) is 5.81. The number of aliphatic hydroxyl groups is 2. The number of aryl methyl sites for hydroxylation is 1. The van der Waals surface area contributed by atoms with E-state index in [0.29, 0.717) is 44.9 Å². The van der Waals surface area contributed by atoms with Crippen LogP contribution in [0.1, 0.15) is 50.5 Å². The first kappa shape index (κ1) is 20.4. The van der Waals surface area contributed by atoms with Gasteiger partial charge in [-0.15, -0.1) is 0 Å². The Morgan fingerprint density at radius 1 is 1.15 bits per heavy atom. The summed E-state index contributed by atoms with van der Waals surface area (Å²) < 4.78 is 0. The monoisotopic (exact) mass is 362 g/mol. The Kier molecular flexibility index (Phi) is 7.17. The minimum Gasteiger partial charge on any atom is -0.393 e. The number of carbonyl (C=O) groups is 2. The van der Waals surface area contributed by atoms with E-state index in [2.05, 4.69) is 0 Å². The number of hydrogen-bond donors (Lipinski definition) is 4. The second-order valence-corrected chi connectivity index (χ2v) is 7.59. The minimum atomic E-state index is -1.21. The molecule has 0 radical (unpaired) electrons. The summed E-state index contributed by atoms with van der Waals surface area (Å²) in [6.45, 7) is 0. The van der Waals surface area contributed by atoms with Crippen LogP contribution in [-0.4, -0.2) is 33.7 Å². The second-order valence-electron chi connectivity index (χ2n) is 7.59. The van der Waals surface area contributed by atoms with Crippen LogP contribution in [0, 0.1) is 11.8 Å². The molecule has 1 unspecified atom stereocenters. The maximum atomic E-state index is 11.9. The second kappa shape index (κ2) is 9.14. The molecule has 1 aromatic carbocycles. The van der Waals surface area contributed by atoms with E-state index >= 15 is 0 Å². The Balaban J connectivity index is 1.91. The summed E-state index contributed by atoms with van der Waals surface area (Å²) in [4.78, 5) is 23.0. The van der Waals surface area contributed by atoms with E-state index in [0.717, 1.165) is 5.56 Å². The van der Waals surface area contributed by atoms with Gasteiger partial charge in [0.05, 0.1) is 17.6 Å². The molecule has 0 spiro atoms. The number of carbonyl (C=O) groups excluding carboxylic acids is 2. The first-order valence-corrected chi connectivity index (χ1v) is 9.32. The molecule has 6 heteroatoms. The van der Waals surface area contributed by atoms with Crippen LogP contribution in [0.15, 0.2) is 30.3 Å². The molecule has 0 saturated heterocycles. The SMILES string of the molecule is NC(=O)CC1CCC(O)([C@H](CC(O)CCc2ccccc2)C(N)=O)CC1. The molecule has 1 aliphatic carbocycles. The quantitative estimate of drug-likeness (QED) is 0.527. The predicted molar refractivity (Wildman–Crippen MR) is 98.8 cm³/mol. The van der Waals surface area contributed by atoms with Gasteiger partial charge in [0.1, 0.15) is 0 Å². The van der Waals surface area contributed by atoms with Crippen molar-refractivity contribution >= 4 is 11.8 Å². The zero-order valence-electron chi connectivity index (χ0n) is 15.1. The molecule has 2 rings (SSSR count). The van der Waals surface area contributed by atoms with Gasteiger partial charge in [-0.2, -0.15) is 0 Å². The zero-order chi connectivity index (χ0) is 19.2. The average Bonchev–Trinajstić information content (AvgIpc) is 2.60. The van der Waals surface area contributed by atoms with E-state index < -0.39 is 23.5 Å². The van der Waals surface area contributed by atoms with E-state index in [9.17, 15) is 19.8 Å². The van der Waals surface area contributed by atoms with E-state index in [4.69, 9.17) is 11.5 Å². The summed E-state index contributed by atoms with van der Waals surface area (Å²) in [5.41, 5.74) is 10.7. The van der Waals surface area contributed by atoms with Gasteiger partial charge in [0.25, 0.3) is 0 Å². The van der Waals surface area contributed by atoms with Gasteiger partial charge < -0.3 is 21.7 Å². The number of amides is 2. The lowest BCUT2D eigenvalue weighted by Crippen LogP contribution is -2.49. The molecule has 6 N–H and O–H groups in total. The topological polar surface area (TPSA) is 127 Å². The van der Waals surface area contributed by atoms with Crippen molar-refractivity contribution in [1.82, 2.24) is 0 Å². The number of hydrogen-bond acceptors (Lipinski definition) is 4. The smallest absolute Gasteiger partial charge is 0.223 e. The van der Waals surface area contributed by atoms with Crippen LogP contribution in [0.3, 0.4) is 0 Å². The van der Waals surface area contributed by atoms with Crippen molar-refractivity contribution in [3.63, 3.8) is 0 Å². The number of primary amides is 2. The van der Waals surface area contributed by atoms with Gasteiger partial charge in [-0.1, -0.05) is 30.3 Å². The van der Waals surface area contributed by atoms with Crippen molar-refractivity contribution < 1.29 is 19.8 Å². The highest BCUT2D eigenvalue weighted by Crippen LogP contribution is 2.40. The molecule has 0 bridgehead atoms. The van der Waals surface area contributed by atoms with Gasteiger partial charge in [-0.25, -0.2) is 0 Å². The highest BCUT2D eigenvalue weighted by molar-refractivity contribution is 5.78. The number of nitrogens with two attached hydrogens (primary N) is 2. The van der Waals surface area contributed by atoms with Crippen LogP contribution >= 0.6 is 0 Å². The Bertz CT molecular complexity index is 597. The molecule has 0 aliphatic heterocycles. The lowest BCUT2D eigenvalue weighted by molar-refractivity contribution is -0.139. The summed E-state index contributed by atoms with van der Waals surface area (Å²) in [5, 5.41) is 21.3. The van der Waals surface area contributed by atoms with Gasteiger partial charge in [-0.05, 0) is 56.4 Å². The maximum Gasteiger partial charge on any atom is 0.223 e. The number of aliphatic hydroxyl groups excluding tert-OH is 1. The highest BCUT2D eigenvalue weighted by Gasteiger charge is 2.43. The molecule has 0 heterocycles. The van der Waals surface area contributed by atoms with E-state index in [1.807, 2.05) is 30.3 Å². The normalized spacial score (nSPS) is 25.4. The van der Waals surface area contributed by atoms with E-state index in [1.165, 1.54) is 0 Å². The lowest BCUT2D eigenvalue weighted by Gasteiger charge is -2.40. The average molecular weight is 362 g/mol. The van der Waals surface area contributed by atoms with Crippen molar-refractivity contribution in [2.45, 2.75) is 63.1 Å². The largest absolute Gasteiger partial charge is 0.393 e. The lowest BCUT2D eigenvalue weighted by atomic mass is 9.69. The molecular formula is C20H30N2O4. The molecule has 1 aliphatic rings. The Morgan fingerprint density at radius 3 is 2.31 bits per heavy atom. The highest BCUT2D eigenvalue weighted by atomic mass is 16.3. The molecule has 1 saturated carbocycles. The fourth-order valence-electron chi connectivity index (χ4n) is 3.98.